The summed E-state index contributed by atoms with van der Waals surface area (Å²) in [4.78, 5) is 39.2. The lowest BCUT2D eigenvalue weighted by Gasteiger charge is -2.43. The summed E-state index contributed by atoms with van der Waals surface area (Å²) in [6, 6.07) is 8.27. The molecule has 0 aliphatic carbocycles. The lowest BCUT2D eigenvalue weighted by Crippen LogP contribution is -2.57. The largest absolute Gasteiger partial charge is 0.477 e. The third kappa shape index (κ3) is 5.36. The SMILES string of the molecule is CN(C)C1CN(c2ccc(-n3cc(C(=O)O)c(=O)c4cc(F)c(N5C[C@@H](F)C[C@@H]5COc5ncccc5F)cc43)cn2)C1. The lowest BCUT2D eigenvalue weighted by molar-refractivity contribution is 0.0695. The van der Waals surface area contributed by atoms with E-state index in [0.717, 1.165) is 25.0 Å². The van der Waals surface area contributed by atoms with E-state index < -0.39 is 40.8 Å². The number of benzene rings is 1. The highest BCUT2D eigenvalue weighted by molar-refractivity contribution is 5.94. The van der Waals surface area contributed by atoms with Crippen LogP contribution >= 0.6 is 0 Å². The highest BCUT2D eigenvalue weighted by atomic mass is 19.1. The van der Waals surface area contributed by atoms with Crippen LogP contribution in [-0.4, -0.2) is 89.1 Å². The minimum Gasteiger partial charge on any atom is -0.477 e. The van der Waals surface area contributed by atoms with E-state index in [-0.39, 0.29) is 42.0 Å². The molecule has 2 aliphatic heterocycles. The summed E-state index contributed by atoms with van der Waals surface area (Å²) >= 11 is 0. The van der Waals surface area contributed by atoms with Crippen molar-refractivity contribution in [2.45, 2.75) is 24.7 Å². The molecule has 0 unspecified atom stereocenters. The fourth-order valence-corrected chi connectivity index (χ4v) is 5.56. The first-order chi connectivity index (χ1) is 20.6. The maximum atomic E-state index is 15.6. The van der Waals surface area contributed by atoms with Crippen LogP contribution in [0, 0.1) is 11.6 Å². The minimum atomic E-state index is -1.45. The summed E-state index contributed by atoms with van der Waals surface area (Å²) in [5.74, 6) is -2.46. The minimum absolute atomic E-state index is 0.00106. The maximum absolute atomic E-state index is 15.6. The van der Waals surface area contributed by atoms with Crippen molar-refractivity contribution >= 4 is 28.4 Å². The summed E-state index contributed by atoms with van der Waals surface area (Å²) in [6.45, 7) is 1.32. The summed E-state index contributed by atoms with van der Waals surface area (Å²) in [5.41, 5.74) is -0.712. The molecular formula is C30H29F3N6O4. The summed E-state index contributed by atoms with van der Waals surface area (Å²) < 4.78 is 51.3. The topological polar surface area (TPSA) is 104 Å². The fraction of sp³-hybridized carbons (Fsp3) is 0.333. The van der Waals surface area contributed by atoms with Crippen molar-refractivity contribution in [2.24, 2.45) is 0 Å². The zero-order chi connectivity index (χ0) is 30.4. The number of hydrogen-bond donors (Lipinski definition) is 1. The predicted octanol–water partition coefficient (Wildman–Crippen LogP) is 3.50. The molecule has 0 radical (unpaired) electrons. The molecule has 0 amide bonds. The van der Waals surface area contributed by atoms with Crippen LogP contribution in [0.4, 0.5) is 24.7 Å². The Morgan fingerprint density at radius 2 is 1.91 bits per heavy atom. The quantitative estimate of drug-likeness (QED) is 0.328. The van der Waals surface area contributed by atoms with Crippen molar-refractivity contribution in [2.75, 3.05) is 50.1 Å². The van der Waals surface area contributed by atoms with Crippen molar-refractivity contribution in [3.8, 4) is 11.6 Å². The van der Waals surface area contributed by atoms with Gasteiger partial charge in [0.2, 0.25) is 11.3 Å². The Kier molecular flexibility index (Phi) is 7.42. The normalized spacial score (nSPS) is 18.8. The van der Waals surface area contributed by atoms with Crippen molar-refractivity contribution in [3.05, 3.63) is 82.4 Å². The van der Waals surface area contributed by atoms with Gasteiger partial charge < -0.3 is 29.1 Å². The molecule has 1 aromatic carbocycles. The molecule has 2 aliphatic rings. The van der Waals surface area contributed by atoms with Crippen LogP contribution in [0.15, 0.2) is 59.8 Å². The van der Waals surface area contributed by atoms with Crippen LogP contribution < -0.4 is 20.0 Å². The molecule has 13 heteroatoms. The fourth-order valence-electron chi connectivity index (χ4n) is 5.56. The summed E-state index contributed by atoms with van der Waals surface area (Å²) in [5, 5.41) is 9.57. The zero-order valence-corrected chi connectivity index (χ0v) is 23.5. The Labute approximate surface area is 244 Å². The molecule has 43 heavy (non-hydrogen) atoms. The first-order valence-electron chi connectivity index (χ1n) is 13.7. The van der Waals surface area contributed by atoms with Crippen LogP contribution in [-0.2, 0) is 0 Å². The number of likely N-dealkylation sites (N-methyl/N-ethyl adjacent to an activating group) is 1. The van der Waals surface area contributed by atoms with Crippen LogP contribution in [0.2, 0.25) is 0 Å². The Morgan fingerprint density at radius 1 is 1.12 bits per heavy atom. The number of halogens is 3. The number of pyridine rings is 3. The predicted molar refractivity (Wildman–Crippen MR) is 154 cm³/mol. The summed E-state index contributed by atoms with van der Waals surface area (Å²) in [6.07, 6.45) is 2.81. The van der Waals surface area contributed by atoms with Crippen molar-refractivity contribution in [1.82, 2.24) is 19.4 Å². The van der Waals surface area contributed by atoms with Crippen LogP contribution in [0.25, 0.3) is 16.6 Å². The number of carboxylic acid groups (broad SMARTS) is 1. The van der Waals surface area contributed by atoms with Gasteiger partial charge in [0.05, 0.1) is 29.1 Å². The van der Waals surface area contributed by atoms with Gasteiger partial charge in [-0.05, 0) is 50.5 Å². The number of rotatable bonds is 8. The number of anilines is 2. The van der Waals surface area contributed by atoms with Crippen molar-refractivity contribution < 1.29 is 27.8 Å². The van der Waals surface area contributed by atoms with Gasteiger partial charge in [-0.1, -0.05) is 0 Å². The highest BCUT2D eigenvalue weighted by Crippen LogP contribution is 2.33. The molecule has 0 saturated carbocycles. The number of fused-ring (bicyclic) bond motifs is 1. The van der Waals surface area contributed by atoms with E-state index in [9.17, 15) is 23.5 Å². The lowest BCUT2D eigenvalue weighted by atomic mass is 10.1. The molecule has 2 saturated heterocycles. The molecule has 5 heterocycles. The first-order valence-corrected chi connectivity index (χ1v) is 13.7. The van der Waals surface area contributed by atoms with Gasteiger partial charge in [0.1, 0.15) is 30.0 Å². The van der Waals surface area contributed by atoms with Crippen LogP contribution in [0.5, 0.6) is 5.88 Å². The van der Waals surface area contributed by atoms with E-state index in [2.05, 4.69) is 19.8 Å². The highest BCUT2D eigenvalue weighted by Gasteiger charge is 2.35. The van der Waals surface area contributed by atoms with Gasteiger partial charge in [-0.3, -0.25) is 4.79 Å². The zero-order valence-electron chi connectivity index (χ0n) is 23.5. The van der Waals surface area contributed by atoms with Gasteiger partial charge in [0.15, 0.2) is 5.82 Å². The number of alkyl halides is 1. The smallest absolute Gasteiger partial charge is 0.341 e. The molecule has 3 aromatic heterocycles. The van der Waals surface area contributed by atoms with E-state index in [1.54, 1.807) is 18.3 Å². The molecule has 10 nitrogen and oxygen atoms in total. The number of hydrogen-bond acceptors (Lipinski definition) is 8. The number of carbonyl (C=O) groups is 1. The Morgan fingerprint density at radius 3 is 2.58 bits per heavy atom. The molecule has 2 fully saturated rings. The second-order valence-electron chi connectivity index (χ2n) is 11.0. The molecule has 4 aromatic rings. The van der Waals surface area contributed by atoms with Crippen LogP contribution in [0.3, 0.4) is 0 Å². The van der Waals surface area contributed by atoms with Gasteiger partial charge >= 0.3 is 5.97 Å². The number of aromatic carboxylic acids is 1. The van der Waals surface area contributed by atoms with Crippen LogP contribution in [0.1, 0.15) is 16.8 Å². The van der Waals surface area contributed by atoms with E-state index in [1.165, 1.54) is 40.1 Å². The molecule has 0 spiro atoms. The van der Waals surface area contributed by atoms with E-state index in [1.807, 2.05) is 14.1 Å². The van der Waals surface area contributed by atoms with E-state index in [4.69, 9.17) is 4.74 Å². The van der Waals surface area contributed by atoms with Gasteiger partial charge in [-0.25, -0.2) is 27.9 Å². The van der Waals surface area contributed by atoms with E-state index >= 15 is 4.39 Å². The Hall–Kier alpha value is -4.65. The number of carboxylic acids is 1. The number of aromatic nitrogens is 3. The van der Waals surface area contributed by atoms with Crippen molar-refractivity contribution in [1.29, 1.82) is 0 Å². The average molecular weight is 595 g/mol. The standard InChI is InChI=1S/C30H29F3N6O4/c1-36(2)20-13-37(14-20)27-6-5-18(11-35-27)39-15-22(30(41)42)28(40)21-9-24(33)26(10-25(21)39)38-12-17(31)8-19(38)16-43-29-23(32)4-3-7-34-29/h3-7,9-11,15,17,19-20H,8,12-14,16H2,1-2H3,(H,41,42)/t17-,19+/m0/s1. The number of nitrogens with zero attached hydrogens (tertiary/aromatic N) is 6. The monoisotopic (exact) mass is 594 g/mol. The molecule has 1 N–H and O–H groups in total. The molecule has 0 bridgehead atoms. The average Bonchev–Trinajstić information content (AvgIpc) is 3.32. The molecule has 2 atom stereocenters. The van der Waals surface area contributed by atoms with Gasteiger partial charge in [0, 0.05) is 49.9 Å². The molecule has 6 rings (SSSR count). The third-order valence-corrected chi connectivity index (χ3v) is 8.04. The number of ether oxygens (including phenoxy) is 1. The molecule has 224 valence electrons. The first kappa shape index (κ1) is 28.5. The Balaban J connectivity index is 1.38. The van der Waals surface area contributed by atoms with Gasteiger partial charge in [-0.15, -0.1) is 0 Å². The maximum Gasteiger partial charge on any atom is 0.341 e. The Bertz CT molecular complexity index is 1740. The second-order valence-corrected chi connectivity index (χ2v) is 11.0. The summed E-state index contributed by atoms with van der Waals surface area (Å²) in [7, 11) is 4.03. The third-order valence-electron chi connectivity index (χ3n) is 8.04. The van der Waals surface area contributed by atoms with Gasteiger partial charge in [-0.2, -0.15) is 0 Å². The van der Waals surface area contributed by atoms with E-state index in [0.29, 0.717) is 11.7 Å². The molecular weight excluding hydrogens is 565 g/mol. The van der Waals surface area contributed by atoms with Gasteiger partial charge in [0.25, 0.3) is 0 Å². The second kappa shape index (κ2) is 11.2. The van der Waals surface area contributed by atoms with Crippen molar-refractivity contribution in [3.63, 3.8) is 0 Å².